The summed E-state index contributed by atoms with van der Waals surface area (Å²) in [6.07, 6.45) is 0. The maximum Gasteiger partial charge on any atom is 0.258 e. The molecule has 0 aliphatic rings. The Labute approximate surface area is 110 Å². The van der Waals surface area contributed by atoms with E-state index in [1.165, 1.54) is 11.0 Å². The van der Waals surface area contributed by atoms with Gasteiger partial charge in [-0.15, -0.1) is 0 Å². The maximum atomic E-state index is 12.2. The van der Waals surface area contributed by atoms with E-state index in [0.29, 0.717) is 16.3 Å². The van der Waals surface area contributed by atoms with E-state index >= 15 is 0 Å². The molecular formula is C14H12ClNO2. The second kappa shape index (κ2) is 5.10. The van der Waals surface area contributed by atoms with Crippen molar-refractivity contribution < 1.29 is 9.90 Å². The third-order valence-electron chi connectivity index (χ3n) is 2.59. The molecule has 0 unspecified atom stereocenters. The van der Waals surface area contributed by atoms with Crippen molar-refractivity contribution in [2.45, 2.75) is 0 Å². The number of nitrogens with zero attached hydrogens (tertiary/aromatic N) is 1. The summed E-state index contributed by atoms with van der Waals surface area (Å²) in [5, 5.41) is 9.92. The number of carbonyl (C=O) groups excluding carboxylic acids is 1. The third-order valence-corrected chi connectivity index (χ3v) is 2.83. The first-order valence-corrected chi connectivity index (χ1v) is 5.78. The van der Waals surface area contributed by atoms with Crippen LogP contribution in [0.15, 0.2) is 48.5 Å². The Morgan fingerprint density at radius 3 is 2.56 bits per heavy atom. The number of halogens is 1. The Hall–Kier alpha value is -2.00. The zero-order valence-electron chi connectivity index (χ0n) is 9.80. The molecule has 0 radical (unpaired) electrons. The Morgan fingerprint density at radius 1 is 1.17 bits per heavy atom. The molecular weight excluding hydrogens is 250 g/mol. The van der Waals surface area contributed by atoms with Gasteiger partial charge in [-0.05, 0) is 30.3 Å². The minimum Gasteiger partial charge on any atom is -0.508 e. The molecule has 0 aliphatic heterocycles. The van der Waals surface area contributed by atoms with Crippen LogP contribution >= 0.6 is 11.6 Å². The SMILES string of the molecule is CN(C(=O)c1cccc(Cl)c1)c1cccc(O)c1. The summed E-state index contributed by atoms with van der Waals surface area (Å²) in [5.41, 5.74) is 1.13. The van der Waals surface area contributed by atoms with E-state index in [2.05, 4.69) is 0 Å². The first-order chi connectivity index (χ1) is 8.58. The van der Waals surface area contributed by atoms with Gasteiger partial charge in [-0.3, -0.25) is 4.79 Å². The summed E-state index contributed by atoms with van der Waals surface area (Å²) in [6.45, 7) is 0. The number of rotatable bonds is 2. The molecule has 0 fully saturated rings. The number of hydrogen-bond donors (Lipinski definition) is 1. The van der Waals surface area contributed by atoms with Gasteiger partial charge in [-0.25, -0.2) is 0 Å². The number of hydrogen-bond acceptors (Lipinski definition) is 2. The molecule has 0 saturated carbocycles. The third kappa shape index (κ3) is 2.63. The molecule has 0 aromatic heterocycles. The average Bonchev–Trinajstić information content (AvgIpc) is 2.37. The number of benzene rings is 2. The molecule has 2 rings (SSSR count). The quantitative estimate of drug-likeness (QED) is 0.901. The molecule has 92 valence electrons. The number of anilines is 1. The molecule has 4 heteroatoms. The van der Waals surface area contributed by atoms with Crippen molar-refractivity contribution in [1.82, 2.24) is 0 Å². The lowest BCUT2D eigenvalue weighted by molar-refractivity contribution is 0.0993. The van der Waals surface area contributed by atoms with E-state index in [-0.39, 0.29) is 11.7 Å². The van der Waals surface area contributed by atoms with Gasteiger partial charge in [0.05, 0.1) is 0 Å². The summed E-state index contributed by atoms with van der Waals surface area (Å²) < 4.78 is 0. The summed E-state index contributed by atoms with van der Waals surface area (Å²) in [4.78, 5) is 13.7. The number of aromatic hydroxyl groups is 1. The molecule has 0 atom stereocenters. The highest BCUT2D eigenvalue weighted by Crippen LogP contribution is 2.21. The van der Waals surface area contributed by atoms with E-state index in [1.807, 2.05) is 0 Å². The molecule has 0 heterocycles. The normalized spacial score (nSPS) is 10.1. The van der Waals surface area contributed by atoms with Gasteiger partial charge in [0.25, 0.3) is 5.91 Å². The molecule has 1 amide bonds. The lowest BCUT2D eigenvalue weighted by Gasteiger charge is -2.17. The van der Waals surface area contributed by atoms with Gasteiger partial charge in [0.15, 0.2) is 0 Å². The van der Waals surface area contributed by atoms with Crippen LogP contribution in [-0.4, -0.2) is 18.1 Å². The standard InChI is InChI=1S/C14H12ClNO2/c1-16(12-6-3-7-13(17)9-12)14(18)10-4-2-5-11(15)8-10/h2-9,17H,1H3. The van der Waals surface area contributed by atoms with Gasteiger partial charge in [-0.2, -0.15) is 0 Å². The van der Waals surface area contributed by atoms with Crippen LogP contribution in [0.1, 0.15) is 10.4 Å². The van der Waals surface area contributed by atoms with Crippen LogP contribution < -0.4 is 4.90 Å². The van der Waals surface area contributed by atoms with Crippen LogP contribution in [0.5, 0.6) is 5.75 Å². The Bertz CT molecular complexity index is 584. The fourth-order valence-electron chi connectivity index (χ4n) is 1.63. The van der Waals surface area contributed by atoms with Crippen LogP contribution in [0.2, 0.25) is 5.02 Å². The van der Waals surface area contributed by atoms with Crippen LogP contribution in [0, 0.1) is 0 Å². The average molecular weight is 262 g/mol. The molecule has 18 heavy (non-hydrogen) atoms. The molecule has 0 aliphatic carbocycles. The predicted molar refractivity (Wildman–Crippen MR) is 72.3 cm³/mol. The van der Waals surface area contributed by atoms with Crippen LogP contribution in [0.25, 0.3) is 0 Å². The Kier molecular flexibility index (Phi) is 3.53. The first-order valence-electron chi connectivity index (χ1n) is 5.40. The first kappa shape index (κ1) is 12.5. The number of phenols is 1. The minimum absolute atomic E-state index is 0.123. The van der Waals surface area contributed by atoms with Crippen molar-refractivity contribution in [1.29, 1.82) is 0 Å². The van der Waals surface area contributed by atoms with Crippen molar-refractivity contribution >= 4 is 23.2 Å². The summed E-state index contributed by atoms with van der Waals surface area (Å²) >= 11 is 5.85. The highest BCUT2D eigenvalue weighted by Gasteiger charge is 2.13. The predicted octanol–water partition coefficient (Wildman–Crippen LogP) is 3.32. The maximum absolute atomic E-state index is 12.2. The summed E-state index contributed by atoms with van der Waals surface area (Å²) in [5.74, 6) is -0.0543. The largest absolute Gasteiger partial charge is 0.508 e. The highest BCUT2D eigenvalue weighted by molar-refractivity contribution is 6.31. The molecule has 1 N–H and O–H groups in total. The topological polar surface area (TPSA) is 40.5 Å². The van der Waals surface area contributed by atoms with Gasteiger partial charge in [0.2, 0.25) is 0 Å². The fraction of sp³-hybridized carbons (Fsp3) is 0.0714. The van der Waals surface area contributed by atoms with Crippen LogP contribution in [-0.2, 0) is 0 Å². The summed E-state index contributed by atoms with van der Waals surface area (Å²) in [6, 6.07) is 13.3. The lowest BCUT2D eigenvalue weighted by Crippen LogP contribution is -2.26. The Morgan fingerprint density at radius 2 is 1.89 bits per heavy atom. The highest BCUT2D eigenvalue weighted by atomic mass is 35.5. The monoisotopic (exact) mass is 261 g/mol. The van der Waals surface area contributed by atoms with E-state index < -0.39 is 0 Å². The van der Waals surface area contributed by atoms with Crippen molar-refractivity contribution in [2.24, 2.45) is 0 Å². The van der Waals surface area contributed by atoms with E-state index in [0.717, 1.165) is 0 Å². The minimum atomic E-state index is -0.178. The molecule has 0 spiro atoms. The number of amides is 1. The lowest BCUT2D eigenvalue weighted by atomic mass is 10.2. The summed E-state index contributed by atoms with van der Waals surface area (Å²) in [7, 11) is 1.65. The molecule has 0 saturated heterocycles. The Balaban J connectivity index is 2.29. The van der Waals surface area contributed by atoms with Crippen molar-refractivity contribution in [3.8, 4) is 5.75 Å². The van der Waals surface area contributed by atoms with E-state index in [9.17, 15) is 9.90 Å². The smallest absolute Gasteiger partial charge is 0.258 e. The van der Waals surface area contributed by atoms with Crippen molar-refractivity contribution in [2.75, 3.05) is 11.9 Å². The number of carbonyl (C=O) groups is 1. The van der Waals surface area contributed by atoms with Crippen LogP contribution in [0.4, 0.5) is 5.69 Å². The molecule has 0 bridgehead atoms. The number of phenolic OH excluding ortho intramolecular Hbond substituents is 1. The van der Waals surface area contributed by atoms with E-state index in [4.69, 9.17) is 11.6 Å². The van der Waals surface area contributed by atoms with Gasteiger partial charge in [0, 0.05) is 29.4 Å². The second-order valence-corrected chi connectivity index (χ2v) is 4.33. The van der Waals surface area contributed by atoms with Gasteiger partial charge in [0.1, 0.15) is 5.75 Å². The van der Waals surface area contributed by atoms with Crippen LogP contribution in [0.3, 0.4) is 0 Å². The van der Waals surface area contributed by atoms with Gasteiger partial charge < -0.3 is 10.0 Å². The molecule has 2 aromatic rings. The zero-order valence-corrected chi connectivity index (χ0v) is 10.6. The van der Waals surface area contributed by atoms with E-state index in [1.54, 1.807) is 49.5 Å². The molecule has 2 aromatic carbocycles. The second-order valence-electron chi connectivity index (χ2n) is 3.89. The van der Waals surface area contributed by atoms with Crippen molar-refractivity contribution in [3.05, 3.63) is 59.1 Å². The van der Waals surface area contributed by atoms with Crippen molar-refractivity contribution in [3.63, 3.8) is 0 Å². The zero-order chi connectivity index (χ0) is 13.1. The fourth-order valence-corrected chi connectivity index (χ4v) is 1.82. The van der Waals surface area contributed by atoms with Gasteiger partial charge >= 0.3 is 0 Å². The van der Waals surface area contributed by atoms with Gasteiger partial charge in [-0.1, -0.05) is 23.7 Å². The molecule has 3 nitrogen and oxygen atoms in total.